The van der Waals surface area contributed by atoms with E-state index in [9.17, 15) is 9.59 Å². The first-order chi connectivity index (χ1) is 11.9. The van der Waals surface area contributed by atoms with E-state index in [-0.39, 0.29) is 23.8 Å². The molecule has 0 spiro atoms. The molecule has 130 valence electrons. The second kappa shape index (κ2) is 6.92. The number of thioether (sulfide) groups is 1. The van der Waals surface area contributed by atoms with Crippen LogP contribution in [-0.2, 0) is 15.0 Å². The normalized spacial score (nSPS) is 14.2. The van der Waals surface area contributed by atoms with Crippen molar-refractivity contribution >= 4 is 35.0 Å². The van der Waals surface area contributed by atoms with Crippen LogP contribution in [0.2, 0.25) is 0 Å². The first-order valence-corrected chi connectivity index (χ1v) is 9.26. The first-order valence-electron chi connectivity index (χ1n) is 8.28. The van der Waals surface area contributed by atoms with Gasteiger partial charge in [0.05, 0.1) is 11.4 Å². The summed E-state index contributed by atoms with van der Waals surface area (Å²) in [5, 5.41) is 2.98. The van der Waals surface area contributed by atoms with Crippen LogP contribution in [0.1, 0.15) is 26.3 Å². The number of hydrogen-bond acceptors (Lipinski definition) is 3. The van der Waals surface area contributed by atoms with E-state index in [0.29, 0.717) is 5.75 Å². The quantitative estimate of drug-likeness (QED) is 0.904. The lowest BCUT2D eigenvalue weighted by Gasteiger charge is -2.29. The predicted molar refractivity (Wildman–Crippen MR) is 103 cm³/mol. The largest absolute Gasteiger partial charge is 0.324 e. The SMILES string of the molecule is CC(C)(C)c1ccccc1NC(=O)CN1C(=O)CSc2ccccc21. The zero-order valence-corrected chi connectivity index (χ0v) is 15.5. The van der Waals surface area contributed by atoms with Crippen molar-refractivity contribution in [1.82, 2.24) is 0 Å². The highest BCUT2D eigenvalue weighted by atomic mass is 32.2. The Morgan fingerprint density at radius 3 is 2.56 bits per heavy atom. The van der Waals surface area contributed by atoms with Crippen molar-refractivity contribution in [2.75, 3.05) is 22.5 Å². The second-order valence-corrected chi connectivity index (χ2v) is 8.10. The summed E-state index contributed by atoms with van der Waals surface area (Å²) < 4.78 is 0. The summed E-state index contributed by atoms with van der Waals surface area (Å²) in [6, 6.07) is 15.5. The molecule has 0 radical (unpaired) electrons. The lowest BCUT2D eigenvalue weighted by atomic mass is 9.86. The summed E-state index contributed by atoms with van der Waals surface area (Å²) in [6.45, 7) is 6.35. The Balaban J connectivity index is 1.79. The van der Waals surface area contributed by atoms with Crippen LogP contribution in [0.25, 0.3) is 0 Å². The molecule has 0 fully saturated rings. The maximum absolute atomic E-state index is 12.6. The van der Waals surface area contributed by atoms with Gasteiger partial charge in [-0.05, 0) is 29.2 Å². The first kappa shape index (κ1) is 17.5. The molecule has 0 saturated heterocycles. The molecule has 4 nitrogen and oxygen atoms in total. The van der Waals surface area contributed by atoms with E-state index in [4.69, 9.17) is 0 Å². The number of nitrogens with zero attached hydrogens (tertiary/aromatic N) is 1. The lowest BCUT2D eigenvalue weighted by Crippen LogP contribution is -2.41. The molecule has 0 bridgehead atoms. The fourth-order valence-corrected chi connectivity index (χ4v) is 3.84. The Morgan fingerprint density at radius 1 is 1.12 bits per heavy atom. The van der Waals surface area contributed by atoms with E-state index in [0.717, 1.165) is 21.8 Å². The van der Waals surface area contributed by atoms with Gasteiger partial charge in [-0.1, -0.05) is 51.1 Å². The second-order valence-electron chi connectivity index (χ2n) is 7.08. The van der Waals surface area contributed by atoms with Crippen LogP contribution < -0.4 is 10.2 Å². The van der Waals surface area contributed by atoms with Crippen LogP contribution in [0.3, 0.4) is 0 Å². The number of rotatable bonds is 3. The zero-order chi connectivity index (χ0) is 18.0. The van der Waals surface area contributed by atoms with Crippen molar-refractivity contribution in [2.24, 2.45) is 0 Å². The lowest BCUT2D eigenvalue weighted by molar-refractivity contribution is -0.120. The average Bonchev–Trinajstić information content (AvgIpc) is 2.57. The number of para-hydroxylation sites is 2. The van der Waals surface area contributed by atoms with Gasteiger partial charge in [0.2, 0.25) is 11.8 Å². The van der Waals surface area contributed by atoms with E-state index in [2.05, 4.69) is 26.1 Å². The highest BCUT2D eigenvalue weighted by molar-refractivity contribution is 8.00. The molecule has 2 amide bonds. The molecule has 1 N–H and O–H groups in total. The zero-order valence-electron chi connectivity index (χ0n) is 14.7. The van der Waals surface area contributed by atoms with Gasteiger partial charge in [0.25, 0.3) is 0 Å². The Labute approximate surface area is 152 Å². The molecule has 1 aliphatic heterocycles. The molecule has 0 unspecified atom stereocenters. The van der Waals surface area contributed by atoms with E-state index >= 15 is 0 Å². The van der Waals surface area contributed by atoms with Crippen molar-refractivity contribution in [3.05, 3.63) is 54.1 Å². The van der Waals surface area contributed by atoms with Crippen molar-refractivity contribution in [3.63, 3.8) is 0 Å². The minimum absolute atomic E-state index is 0.0227. The molecule has 1 aliphatic rings. The van der Waals surface area contributed by atoms with E-state index in [1.165, 1.54) is 11.8 Å². The summed E-state index contributed by atoms with van der Waals surface area (Å²) in [4.78, 5) is 27.5. The molecular weight excluding hydrogens is 332 g/mol. The van der Waals surface area contributed by atoms with Gasteiger partial charge >= 0.3 is 0 Å². The minimum atomic E-state index is -0.188. The molecule has 0 saturated carbocycles. The number of benzene rings is 2. The summed E-state index contributed by atoms with van der Waals surface area (Å²) in [5.74, 6) is 0.137. The minimum Gasteiger partial charge on any atom is -0.324 e. The standard InChI is InChI=1S/C20H22N2O2S/c1-20(2,3)14-8-4-5-9-15(14)21-18(23)12-22-16-10-6-7-11-17(16)25-13-19(22)24/h4-11H,12-13H2,1-3H3,(H,21,23). The maximum Gasteiger partial charge on any atom is 0.244 e. The maximum atomic E-state index is 12.6. The van der Waals surface area contributed by atoms with Crippen molar-refractivity contribution in [3.8, 4) is 0 Å². The summed E-state index contributed by atoms with van der Waals surface area (Å²) in [5.41, 5.74) is 2.60. The van der Waals surface area contributed by atoms with Crippen molar-refractivity contribution < 1.29 is 9.59 Å². The Kier molecular flexibility index (Phi) is 4.86. The molecule has 2 aromatic carbocycles. The Bertz CT molecular complexity index is 811. The van der Waals surface area contributed by atoms with Crippen LogP contribution in [0.15, 0.2) is 53.4 Å². The van der Waals surface area contributed by atoms with Gasteiger partial charge in [-0.2, -0.15) is 0 Å². The third-order valence-corrected chi connectivity index (χ3v) is 5.17. The molecule has 0 aliphatic carbocycles. The summed E-state index contributed by atoms with van der Waals surface area (Å²) in [6.07, 6.45) is 0. The fourth-order valence-electron chi connectivity index (χ4n) is 2.91. The third kappa shape index (κ3) is 3.87. The molecule has 5 heteroatoms. The molecule has 0 atom stereocenters. The van der Waals surface area contributed by atoms with Gasteiger partial charge in [0, 0.05) is 10.6 Å². The predicted octanol–water partition coefficient (Wildman–Crippen LogP) is 4.06. The highest BCUT2D eigenvalue weighted by Crippen LogP contribution is 2.35. The summed E-state index contributed by atoms with van der Waals surface area (Å²) >= 11 is 1.51. The average molecular weight is 354 g/mol. The number of carbonyl (C=O) groups is 2. The monoisotopic (exact) mass is 354 g/mol. The van der Waals surface area contributed by atoms with Crippen LogP contribution in [0.5, 0.6) is 0 Å². The van der Waals surface area contributed by atoms with Crippen molar-refractivity contribution in [1.29, 1.82) is 0 Å². The van der Waals surface area contributed by atoms with E-state index < -0.39 is 0 Å². The molecule has 25 heavy (non-hydrogen) atoms. The molecular formula is C20H22N2O2S. The van der Waals surface area contributed by atoms with Crippen molar-refractivity contribution in [2.45, 2.75) is 31.1 Å². The fraction of sp³-hybridized carbons (Fsp3) is 0.300. The van der Waals surface area contributed by atoms with Crippen LogP contribution in [-0.4, -0.2) is 24.1 Å². The van der Waals surface area contributed by atoms with Gasteiger partial charge in [0.15, 0.2) is 0 Å². The highest BCUT2D eigenvalue weighted by Gasteiger charge is 2.27. The van der Waals surface area contributed by atoms with Gasteiger partial charge in [-0.25, -0.2) is 0 Å². The third-order valence-electron chi connectivity index (χ3n) is 4.12. The van der Waals surface area contributed by atoms with E-state index in [1.807, 2.05) is 48.5 Å². The van der Waals surface area contributed by atoms with Gasteiger partial charge < -0.3 is 10.2 Å². The Hall–Kier alpha value is -2.27. The van der Waals surface area contributed by atoms with Gasteiger partial charge in [-0.15, -0.1) is 11.8 Å². The van der Waals surface area contributed by atoms with Crippen LogP contribution in [0, 0.1) is 0 Å². The van der Waals surface area contributed by atoms with Crippen LogP contribution >= 0.6 is 11.8 Å². The number of anilines is 2. The van der Waals surface area contributed by atoms with Gasteiger partial charge in [0.1, 0.15) is 6.54 Å². The molecule has 0 aromatic heterocycles. The smallest absolute Gasteiger partial charge is 0.244 e. The number of hydrogen-bond donors (Lipinski definition) is 1. The number of carbonyl (C=O) groups excluding carboxylic acids is 2. The number of amides is 2. The van der Waals surface area contributed by atoms with E-state index in [1.54, 1.807) is 4.90 Å². The Morgan fingerprint density at radius 2 is 1.80 bits per heavy atom. The molecule has 1 heterocycles. The molecule has 2 aromatic rings. The topological polar surface area (TPSA) is 49.4 Å². The van der Waals surface area contributed by atoms with Crippen LogP contribution in [0.4, 0.5) is 11.4 Å². The summed E-state index contributed by atoms with van der Waals surface area (Å²) in [7, 11) is 0. The number of fused-ring (bicyclic) bond motifs is 1. The van der Waals surface area contributed by atoms with Gasteiger partial charge in [-0.3, -0.25) is 9.59 Å². The molecule has 3 rings (SSSR count). The number of nitrogens with one attached hydrogen (secondary N) is 1.